The van der Waals surface area contributed by atoms with Crippen molar-refractivity contribution in [1.82, 2.24) is 29.9 Å². The van der Waals surface area contributed by atoms with Crippen LogP contribution >= 0.6 is 0 Å². The van der Waals surface area contributed by atoms with Gasteiger partial charge in [-0.15, -0.1) is 5.10 Å². The van der Waals surface area contributed by atoms with Crippen molar-refractivity contribution in [1.29, 1.82) is 0 Å². The maximum absolute atomic E-state index is 6.30. The highest BCUT2D eigenvalue weighted by molar-refractivity contribution is 5.84. The number of hydrogen-bond donors (Lipinski definition) is 1. The first kappa shape index (κ1) is 15.2. The van der Waals surface area contributed by atoms with Crippen molar-refractivity contribution in [2.24, 2.45) is 0 Å². The molecule has 0 unspecified atom stereocenters. The topological polar surface area (TPSA) is 105 Å². The molecule has 0 spiro atoms. The molecule has 0 saturated carbocycles. The first-order chi connectivity index (χ1) is 13.3. The highest BCUT2D eigenvalue weighted by Gasteiger charge is 2.16. The maximum atomic E-state index is 6.30. The van der Waals surface area contributed by atoms with Crippen LogP contribution in [0.2, 0.25) is 0 Å². The number of fused-ring (bicyclic) bond motifs is 2. The number of pyridine rings is 1. The minimum Gasteiger partial charge on any atom is -0.435 e. The second-order valence-electron chi connectivity index (χ2n) is 5.84. The SMILES string of the molecule is Nc1c(Oc2cccc3cccnc23)ncnc1-n1nnc2ccccc21. The zero-order chi connectivity index (χ0) is 18.2. The Morgan fingerprint density at radius 2 is 1.78 bits per heavy atom. The van der Waals surface area contributed by atoms with E-state index in [-0.39, 0.29) is 11.6 Å². The number of ether oxygens (including phenoxy) is 1. The molecule has 0 aliphatic carbocycles. The average Bonchev–Trinajstić information content (AvgIpc) is 3.14. The number of nitrogens with two attached hydrogens (primary N) is 1. The van der Waals surface area contributed by atoms with Crippen molar-refractivity contribution in [3.8, 4) is 17.4 Å². The molecule has 2 aromatic carbocycles. The molecule has 8 heteroatoms. The van der Waals surface area contributed by atoms with Crippen LogP contribution in [0.4, 0.5) is 5.69 Å². The Morgan fingerprint density at radius 1 is 0.889 bits per heavy atom. The van der Waals surface area contributed by atoms with Crippen LogP contribution in [0, 0.1) is 0 Å². The summed E-state index contributed by atoms with van der Waals surface area (Å²) in [6.45, 7) is 0. The highest BCUT2D eigenvalue weighted by Crippen LogP contribution is 2.32. The van der Waals surface area contributed by atoms with Crippen LogP contribution in [0.1, 0.15) is 0 Å². The maximum Gasteiger partial charge on any atom is 0.248 e. The minimum atomic E-state index is 0.234. The molecule has 0 aliphatic rings. The summed E-state index contributed by atoms with van der Waals surface area (Å²) in [6.07, 6.45) is 3.10. The summed E-state index contributed by atoms with van der Waals surface area (Å²) in [6, 6.07) is 17.1. The van der Waals surface area contributed by atoms with E-state index in [4.69, 9.17) is 10.5 Å². The van der Waals surface area contributed by atoms with Crippen molar-refractivity contribution in [3.05, 3.63) is 67.1 Å². The zero-order valence-electron chi connectivity index (χ0n) is 14.0. The van der Waals surface area contributed by atoms with Gasteiger partial charge in [0, 0.05) is 11.6 Å². The number of nitrogens with zero attached hydrogens (tertiary/aromatic N) is 6. The van der Waals surface area contributed by atoms with Gasteiger partial charge in [-0.1, -0.05) is 35.5 Å². The summed E-state index contributed by atoms with van der Waals surface area (Å²) >= 11 is 0. The fraction of sp³-hybridized carbons (Fsp3) is 0. The number of benzene rings is 2. The van der Waals surface area contributed by atoms with Crippen LogP contribution in [-0.4, -0.2) is 29.9 Å². The Kier molecular flexibility index (Phi) is 3.39. The third-order valence-corrected chi connectivity index (χ3v) is 4.18. The summed E-state index contributed by atoms with van der Waals surface area (Å²) < 4.78 is 7.54. The Bertz CT molecular complexity index is 1280. The molecule has 3 aromatic heterocycles. The van der Waals surface area contributed by atoms with E-state index in [1.807, 2.05) is 54.6 Å². The molecule has 0 amide bonds. The lowest BCUT2D eigenvalue weighted by molar-refractivity contribution is 0.467. The fourth-order valence-electron chi connectivity index (χ4n) is 2.91. The Labute approximate surface area is 153 Å². The van der Waals surface area contributed by atoms with Gasteiger partial charge in [0.05, 0.1) is 5.52 Å². The van der Waals surface area contributed by atoms with Crippen molar-refractivity contribution >= 4 is 27.6 Å². The third kappa shape index (κ3) is 2.51. The van der Waals surface area contributed by atoms with Crippen LogP contribution in [0.25, 0.3) is 27.8 Å². The molecule has 27 heavy (non-hydrogen) atoms. The molecular formula is C19H13N7O. The van der Waals surface area contributed by atoms with Crippen molar-refractivity contribution in [2.75, 3.05) is 5.73 Å². The van der Waals surface area contributed by atoms with Gasteiger partial charge < -0.3 is 10.5 Å². The Balaban J connectivity index is 1.61. The van der Waals surface area contributed by atoms with E-state index >= 15 is 0 Å². The molecule has 3 heterocycles. The van der Waals surface area contributed by atoms with Crippen molar-refractivity contribution in [2.45, 2.75) is 0 Å². The number of aromatic nitrogens is 6. The molecule has 0 radical (unpaired) electrons. The number of anilines is 1. The van der Waals surface area contributed by atoms with Crippen LogP contribution in [0.5, 0.6) is 11.6 Å². The van der Waals surface area contributed by atoms with Gasteiger partial charge in [0.25, 0.3) is 0 Å². The lowest BCUT2D eigenvalue weighted by Gasteiger charge is -2.11. The molecule has 5 aromatic rings. The monoisotopic (exact) mass is 355 g/mol. The third-order valence-electron chi connectivity index (χ3n) is 4.18. The summed E-state index contributed by atoms with van der Waals surface area (Å²) in [5.41, 5.74) is 8.83. The first-order valence-electron chi connectivity index (χ1n) is 8.24. The van der Waals surface area contributed by atoms with Gasteiger partial charge in [-0.2, -0.15) is 9.67 Å². The highest BCUT2D eigenvalue weighted by atomic mass is 16.5. The summed E-state index contributed by atoms with van der Waals surface area (Å²) in [5, 5.41) is 9.25. The van der Waals surface area contributed by atoms with Gasteiger partial charge in [-0.3, -0.25) is 4.98 Å². The second-order valence-corrected chi connectivity index (χ2v) is 5.84. The van der Waals surface area contributed by atoms with E-state index < -0.39 is 0 Å². The summed E-state index contributed by atoms with van der Waals surface area (Å²) in [7, 11) is 0. The predicted molar refractivity (Wildman–Crippen MR) is 101 cm³/mol. The van der Waals surface area contributed by atoms with Gasteiger partial charge >= 0.3 is 0 Å². The van der Waals surface area contributed by atoms with Gasteiger partial charge in [-0.05, 0) is 24.3 Å². The normalized spacial score (nSPS) is 11.1. The van der Waals surface area contributed by atoms with E-state index in [0.29, 0.717) is 11.6 Å². The molecular weight excluding hydrogens is 342 g/mol. The number of nitrogen functional groups attached to an aromatic ring is 1. The molecule has 5 rings (SSSR count). The molecule has 0 saturated heterocycles. The quantitative estimate of drug-likeness (QED) is 0.530. The average molecular weight is 355 g/mol. The van der Waals surface area contributed by atoms with Crippen molar-refractivity contribution < 1.29 is 4.74 Å². The van der Waals surface area contributed by atoms with Crippen LogP contribution < -0.4 is 10.5 Å². The zero-order valence-corrected chi connectivity index (χ0v) is 14.0. The lowest BCUT2D eigenvalue weighted by Crippen LogP contribution is -2.07. The predicted octanol–water partition coefficient (Wildman–Crippen LogP) is 3.13. The largest absolute Gasteiger partial charge is 0.435 e. The molecule has 0 fully saturated rings. The summed E-state index contributed by atoms with van der Waals surface area (Å²) in [5.74, 6) is 1.20. The van der Waals surface area contributed by atoms with Crippen LogP contribution in [-0.2, 0) is 0 Å². The lowest BCUT2D eigenvalue weighted by atomic mass is 10.2. The van der Waals surface area contributed by atoms with Gasteiger partial charge in [0.1, 0.15) is 23.0 Å². The van der Waals surface area contributed by atoms with E-state index in [1.54, 1.807) is 10.9 Å². The van der Waals surface area contributed by atoms with Gasteiger partial charge in [0.15, 0.2) is 11.6 Å². The molecule has 8 nitrogen and oxygen atoms in total. The number of para-hydroxylation sites is 2. The molecule has 0 aliphatic heterocycles. The van der Waals surface area contributed by atoms with Gasteiger partial charge in [-0.25, -0.2) is 4.98 Å². The smallest absolute Gasteiger partial charge is 0.248 e. The van der Waals surface area contributed by atoms with Crippen molar-refractivity contribution in [3.63, 3.8) is 0 Å². The van der Waals surface area contributed by atoms with E-state index in [2.05, 4.69) is 25.3 Å². The van der Waals surface area contributed by atoms with Crippen LogP contribution in [0.15, 0.2) is 67.1 Å². The second kappa shape index (κ2) is 6.03. The van der Waals surface area contributed by atoms with Gasteiger partial charge in [0.2, 0.25) is 5.88 Å². The Hall–Kier alpha value is -4.07. The molecule has 130 valence electrons. The standard InChI is InChI=1S/C19H13N7O/c20-16-18(26-14-8-2-1-7-13(14)24-25-26)22-11-23-19(16)27-15-9-3-5-12-6-4-10-21-17(12)15/h1-11H,20H2. The Morgan fingerprint density at radius 3 is 2.74 bits per heavy atom. The molecule has 0 bridgehead atoms. The number of rotatable bonds is 3. The van der Waals surface area contributed by atoms with E-state index in [9.17, 15) is 0 Å². The number of hydrogen-bond acceptors (Lipinski definition) is 7. The van der Waals surface area contributed by atoms with E-state index in [0.717, 1.165) is 21.9 Å². The van der Waals surface area contributed by atoms with Crippen LogP contribution in [0.3, 0.4) is 0 Å². The molecule has 0 atom stereocenters. The minimum absolute atomic E-state index is 0.234. The van der Waals surface area contributed by atoms with E-state index in [1.165, 1.54) is 6.33 Å². The first-order valence-corrected chi connectivity index (χ1v) is 8.24. The fourth-order valence-corrected chi connectivity index (χ4v) is 2.91. The summed E-state index contributed by atoms with van der Waals surface area (Å²) in [4.78, 5) is 12.8. The molecule has 2 N–H and O–H groups in total.